The van der Waals surface area contributed by atoms with E-state index in [-0.39, 0.29) is 10.6 Å². The summed E-state index contributed by atoms with van der Waals surface area (Å²) in [6, 6.07) is 5.80. The Kier molecular flexibility index (Phi) is 3.52. The average molecular weight is 266 g/mol. The normalized spacial score (nSPS) is 10.7. The van der Waals surface area contributed by atoms with Crippen molar-refractivity contribution in [2.75, 3.05) is 5.73 Å². The molecule has 0 aliphatic rings. The molecule has 1 heterocycles. The van der Waals surface area contributed by atoms with Crippen LogP contribution in [0.25, 0.3) is 0 Å². The quantitative estimate of drug-likeness (QED) is 0.842. The number of rotatable bonds is 2. The molecule has 1 aromatic carbocycles. The van der Waals surface area contributed by atoms with Crippen LogP contribution in [0, 0.1) is 25.5 Å². The van der Waals surface area contributed by atoms with Gasteiger partial charge in [0, 0.05) is 22.0 Å². The van der Waals surface area contributed by atoms with E-state index < -0.39 is 11.6 Å². The van der Waals surface area contributed by atoms with Crippen LogP contribution in [-0.4, -0.2) is 4.98 Å². The van der Waals surface area contributed by atoms with Crippen LogP contribution >= 0.6 is 11.8 Å². The SMILES string of the molecule is Cc1cc(Sc2c(F)cc(N)cc2F)cc(C)n1. The fraction of sp³-hybridized carbons (Fsp3) is 0.154. The van der Waals surface area contributed by atoms with Crippen molar-refractivity contribution in [2.45, 2.75) is 23.6 Å². The zero-order valence-electron chi connectivity index (χ0n) is 10.00. The Morgan fingerprint density at radius 1 is 1.00 bits per heavy atom. The van der Waals surface area contributed by atoms with Crippen molar-refractivity contribution in [3.8, 4) is 0 Å². The van der Waals surface area contributed by atoms with Gasteiger partial charge in [0.05, 0.1) is 4.90 Å². The molecule has 2 aromatic rings. The number of hydrogen-bond donors (Lipinski definition) is 1. The number of nitrogens with two attached hydrogens (primary N) is 1. The summed E-state index contributed by atoms with van der Waals surface area (Å²) in [5, 5.41) is 0. The van der Waals surface area contributed by atoms with Crippen molar-refractivity contribution < 1.29 is 8.78 Å². The number of hydrogen-bond acceptors (Lipinski definition) is 3. The largest absolute Gasteiger partial charge is 0.399 e. The van der Waals surface area contributed by atoms with Gasteiger partial charge in [-0.3, -0.25) is 4.98 Å². The van der Waals surface area contributed by atoms with E-state index in [1.165, 1.54) is 0 Å². The molecule has 1 aromatic heterocycles. The molecule has 0 aliphatic carbocycles. The smallest absolute Gasteiger partial charge is 0.142 e. The average Bonchev–Trinajstić information content (AvgIpc) is 2.22. The molecular formula is C13H12F2N2S. The lowest BCUT2D eigenvalue weighted by Crippen LogP contribution is -1.94. The van der Waals surface area contributed by atoms with Crippen LogP contribution in [0.5, 0.6) is 0 Å². The highest BCUT2D eigenvalue weighted by molar-refractivity contribution is 7.99. The van der Waals surface area contributed by atoms with Crippen molar-refractivity contribution in [1.29, 1.82) is 0 Å². The summed E-state index contributed by atoms with van der Waals surface area (Å²) >= 11 is 1.03. The van der Waals surface area contributed by atoms with Gasteiger partial charge >= 0.3 is 0 Å². The summed E-state index contributed by atoms with van der Waals surface area (Å²) in [5.74, 6) is -1.30. The first-order chi connectivity index (χ1) is 8.45. The maximum Gasteiger partial charge on any atom is 0.142 e. The first kappa shape index (κ1) is 12.8. The van der Waals surface area contributed by atoms with Crippen molar-refractivity contribution in [3.63, 3.8) is 0 Å². The highest BCUT2D eigenvalue weighted by atomic mass is 32.2. The van der Waals surface area contributed by atoms with Gasteiger partial charge in [-0.05, 0) is 38.1 Å². The van der Waals surface area contributed by atoms with Gasteiger partial charge < -0.3 is 5.73 Å². The van der Waals surface area contributed by atoms with Gasteiger partial charge in [0.25, 0.3) is 0 Å². The maximum atomic E-state index is 13.6. The molecule has 0 aliphatic heterocycles. The first-order valence-corrected chi connectivity index (χ1v) is 6.15. The fourth-order valence-corrected chi connectivity index (χ4v) is 2.66. The molecule has 0 bridgehead atoms. The van der Waals surface area contributed by atoms with Crippen LogP contribution in [0.1, 0.15) is 11.4 Å². The Morgan fingerprint density at radius 2 is 1.50 bits per heavy atom. The number of anilines is 1. The molecule has 0 fully saturated rings. The molecule has 0 saturated heterocycles. The number of pyridine rings is 1. The Morgan fingerprint density at radius 3 is 2.00 bits per heavy atom. The number of aromatic nitrogens is 1. The van der Waals surface area contributed by atoms with Crippen LogP contribution in [-0.2, 0) is 0 Å². The van der Waals surface area contributed by atoms with Gasteiger partial charge in [-0.2, -0.15) is 0 Å². The topological polar surface area (TPSA) is 38.9 Å². The summed E-state index contributed by atoms with van der Waals surface area (Å²) in [6.07, 6.45) is 0. The fourth-order valence-electron chi connectivity index (χ4n) is 1.65. The zero-order chi connectivity index (χ0) is 13.3. The number of nitrogen functional groups attached to an aromatic ring is 1. The molecular weight excluding hydrogens is 254 g/mol. The molecule has 2 rings (SSSR count). The third-order valence-electron chi connectivity index (χ3n) is 2.30. The van der Waals surface area contributed by atoms with Crippen LogP contribution < -0.4 is 5.73 Å². The number of nitrogens with zero attached hydrogens (tertiary/aromatic N) is 1. The molecule has 0 atom stereocenters. The summed E-state index contributed by atoms with van der Waals surface area (Å²) in [7, 11) is 0. The van der Waals surface area contributed by atoms with E-state index in [2.05, 4.69) is 4.98 Å². The Balaban J connectivity index is 2.40. The van der Waals surface area contributed by atoms with Crippen LogP contribution in [0.3, 0.4) is 0 Å². The van der Waals surface area contributed by atoms with Crippen LogP contribution in [0.15, 0.2) is 34.1 Å². The van der Waals surface area contributed by atoms with Gasteiger partial charge in [-0.25, -0.2) is 8.78 Å². The summed E-state index contributed by atoms with van der Waals surface area (Å²) in [4.78, 5) is 4.92. The third kappa shape index (κ3) is 2.79. The van der Waals surface area contributed by atoms with E-state index in [1.54, 1.807) is 12.1 Å². The number of aryl methyl sites for hydroxylation is 2. The molecule has 18 heavy (non-hydrogen) atoms. The standard InChI is InChI=1S/C13H12F2N2S/c1-7-3-10(4-8(2)17-7)18-13-11(14)5-9(16)6-12(13)15/h3-6H,16H2,1-2H3. The van der Waals surface area contributed by atoms with E-state index >= 15 is 0 Å². The molecule has 2 N–H and O–H groups in total. The lowest BCUT2D eigenvalue weighted by molar-refractivity contribution is 0.542. The molecule has 0 radical (unpaired) electrons. The Bertz CT molecular complexity index is 556. The van der Waals surface area contributed by atoms with Gasteiger partial charge in [-0.15, -0.1) is 0 Å². The summed E-state index contributed by atoms with van der Waals surface area (Å²) in [6.45, 7) is 3.68. The molecule has 2 nitrogen and oxygen atoms in total. The van der Waals surface area contributed by atoms with Crippen molar-refractivity contribution in [3.05, 3.63) is 47.3 Å². The molecule has 0 spiro atoms. The van der Waals surface area contributed by atoms with Gasteiger partial charge in [0.15, 0.2) is 0 Å². The van der Waals surface area contributed by atoms with E-state index in [0.29, 0.717) is 0 Å². The lowest BCUT2D eigenvalue weighted by Gasteiger charge is -2.07. The van der Waals surface area contributed by atoms with Crippen molar-refractivity contribution >= 4 is 17.4 Å². The van der Waals surface area contributed by atoms with E-state index in [4.69, 9.17) is 5.73 Å². The minimum atomic E-state index is -0.649. The lowest BCUT2D eigenvalue weighted by atomic mass is 10.3. The van der Waals surface area contributed by atoms with E-state index in [9.17, 15) is 8.78 Å². The van der Waals surface area contributed by atoms with Gasteiger partial charge in [0.1, 0.15) is 11.6 Å². The number of halogens is 2. The molecule has 5 heteroatoms. The molecule has 0 saturated carbocycles. The van der Waals surface area contributed by atoms with Gasteiger partial charge in [-0.1, -0.05) is 11.8 Å². The first-order valence-electron chi connectivity index (χ1n) is 5.33. The van der Waals surface area contributed by atoms with Crippen LogP contribution in [0.4, 0.5) is 14.5 Å². The van der Waals surface area contributed by atoms with Gasteiger partial charge in [0.2, 0.25) is 0 Å². The molecule has 0 unspecified atom stereocenters. The Labute approximate surface area is 108 Å². The number of benzene rings is 1. The van der Waals surface area contributed by atoms with E-state index in [1.807, 2.05) is 13.8 Å². The molecule has 94 valence electrons. The second kappa shape index (κ2) is 4.94. The highest BCUT2D eigenvalue weighted by Crippen LogP contribution is 2.33. The molecule has 0 amide bonds. The monoisotopic (exact) mass is 266 g/mol. The summed E-state index contributed by atoms with van der Waals surface area (Å²) < 4.78 is 27.3. The van der Waals surface area contributed by atoms with E-state index in [0.717, 1.165) is 40.2 Å². The summed E-state index contributed by atoms with van der Waals surface area (Å²) in [5.41, 5.74) is 7.08. The van der Waals surface area contributed by atoms with Crippen molar-refractivity contribution in [1.82, 2.24) is 4.98 Å². The minimum absolute atomic E-state index is 0.0470. The second-order valence-electron chi connectivity index (χ2n) is 4.00. The maximum absolute atomic E-state index is 13.6. The second-order valence-corrected chi connectivity index (χ2v) is 5.09. The van der Waals surface area contributed by atoms with Crippen LogP contribution in [0.2, 0.25) is 0 Å². The predicted molar refractivity (Wildman–Crippen MR) is 68.6 cm³/mol. The predicted octanol–water partition coefficient (Wildman–Crippen LogP) is 3.71. The minimum Gasteiger partial charge on any atom is -0.399 e. The third-order valence-corrected chi connectivity index (χ3v) is 3.36. The van der Waals surface area contributed by atoms with Crippen molar-refractivity contribution in [2.24, 2.45) is 0 Å². The highest BCUT2D eigenvalue weighted by Gasteiger charge is 2.12. The zero-order valence-corrected chi connectivity index (χ0v) is 10.8. The Hall–Kier alpha value is -1.62.